The molecule has 27 heavy (non-hydrogen) atoms. The molecule has 0 aliphatic heterocycles. The van der Waals surface area contributed by atoms with Gasteiger partial charge in [0.05, 0.1) is 0 Å². The Hall–Kier alpha value is -2.33. The van der Waals surface area contributed by atoms with Gasteiger partial charge in [-0.1, -0.05) is 55.3 Å². The van der Waals surface area contributed by atoms with E-state index >= 15 is 0 Å². The standard InChI is InChI=1S/C23H30N2O2/c1-25(2)16-20-10-6-7-11-22(20)24-23(26)17-27-21-14-12-19(13-15-21)18-8-4-3-5-9-18/h3-5,8-9,12-15,20,22H,6-7,10-11,16-17H2,1-2H3,(H,24,26). The van der Waals surface area contributed by atoms with Crippen LogP contribution in [0.4, 0.5) is 0 Å². The fraction of sp³-hybridized carbons (Fsp3) is 0.435. The molecule has 0 spiro atoms. The Morgan fingerprint density at radius 3 is 2.37 bits per heavy atom. The number of amides is 1. The van der Waals surface area contributed by atoms with E-state index in [1.807, 2.05) is 42.5 Å². The Morgan fingerprint density at radius 1 is 1.00 bits per heavy atom. The van der Waals surface area contributed by atoms with Gasteiger partial charge in [0.25, 0.3) is 5.91 Å². The highest BCUT2D eigenvalue weighted by molar-refractivity contribution is 5.78. The van der Waals surface area contributed by atoms with Crippen molar-refractivity contribution in [3.8, 4) is 16.9 Å². The topological polar surface area (TPSA) is 41.6 Å². The van der Waals surface area contributed by atoms with Crippen molar-refractivity contribution in [3.63, 3.8) is 0 Å². The summed E-state index contributed by atoms with van der Waals surface area (Å²) in [5.74, 6) is 1.22. The summed E-state index contributed by atoms with van der Waals surface area (Å²) in [5, 5.41) is 3.19. The van der Waals surface area contributed by atoms with Crippen molar-refractivity contribution < 1.29 is 9.53 Å². The maximum atomic E-state index is 12.4. The summed E-state index contributed by atoms with van der Waals surface area (Å²) >= 11 is 0. The molecule has 3 rings (SSSR count). The van der Waals surface area contributed by atoms with Crippen molar-refractivity contribution in [1.29, 1.82) is 0 Å². The van der Waals surface area contributed by atoms with Crippen molar-refractivity contribution in [1.82, 2.24) is 10.2 Å². The fourth-order valence-electron chi connectivity index (χ4n) is 3.86. The molecule has 1 aliphatic rings. The summed E-state index contributed by atoms with van der Waals surface area (Å²) in [7, 11) is 4.19. The number of benzene rings is 2. The summed E-state index contributed by atoms with van der Waals surface area (Å²) in [4.78, 5) is 14.6. The van der Waals surface area contributed by atoms with E-state index in [1.54, 1.807) is 0 Å². The number of nitrogens with one attached hydrogen (secondary N) is 1. The molecule has 0 saturated heterocycles. The van der Waals surface area contributed by atoms with Crippen LogP contribution in [0.5, 0.6) is 5.75 Å². The molecular formula is C23H30N2O2. The lowest BCUT2D eigenvalue weighted by molar-refractivity contribution is -0.124. The van der Waals surface area contributed by atoms with Gasteiger partial charge in [-0.2, -0.15) is 0 Å². The molecule has 1 N–H and O–H groups in total. The zero-order valence-electron chi connectivity index (χ0n) is 16.4. The summed E-state index contributed by atoms with van der Waals surface area (Å²) < 4.78 is 5.69. The maximum absolute atomic E-state index is 12.4. The zero-order valence-corrected chi connectivity index (χ0v) is 16.4. The maximum Gasteiger partial charge on any atom is 0.258 e. The molecule has 2 aromatic carbocycles. The van der Waals surface area contributed by atoms with E-state index < -0.39 is 0 Å². The minimum Gasteiger partial charge on any atom is -0.484 e. The molecule has 4 nitrogen and oxygen atoms in total. The van der Waals surface area contributed by atoms with Crippen LogP contribution in [0, 0.1) is 5.92 Å². The number of carbonyl (C=O) groups is 1. The smallest absolute Gasteiger partial charge is 0.258 e. The van der Waals surface area contributed by atoms with Crippen molar-refractivity contribution >= 4 is 5.91 Å². The highest BCUT2D eigenvalue weighted by Crippen LogP contribution is 2.25. The largest absolute Gasteiger partial charge is 0.484 e. The SMILES string of the molecule is CN(C)CC1CCCCC1NC(=O)COc1ccc(-c2ccccc2)cc1. The second-order valence-electron chi connectivity index (χ2n) is 7.66. The van der Waals surface area contributed by atoms with Gasteiger partial charge >= 0.3 is 0 Å². The lowest BCUT2D eigenvalue weighted by atomic mass is 9.84. The highest BCUT2D eigenvalue weighted by atomic mass is 16.5. The van der Waals surface area contributed by atoms with E-state index in [1.165, 1.54) is 24.8 Å². The molecule has 2 atom stereocenters. The molecule has 0 radical (unpaired) electrons. The molecule has 1 fully saturated rings. The Kier molecular flexibility index (Phi) is 6.88. The van der Waals surface area contributed by atoms with Gasteiger partial charge in [0.2, 0.25) is 0 Å². The summed E-state index contributed by atoms with van der Waals surface area (Å²) in [6.45, 7) is 1.09. The van der Waals surface area contributed by atoms with Crippen LogP contribution >= 0.6 is 0 Å². The van der Waals surface area contributed by atoms with Crippen LogP contribution in [0.1, 0.15) is 25.7 Å². The van der Waals surface area contributed by atoms with E-state index in [0.29, 0.717) is 5.92 Å². The lowest BCUT2D eigenvalue weighted by Gasteiger charge is -2.33. The first kappa shape index (κ1) is 19.4. The van der Waals surface area contributed by atoms with E-state index in [-0.39, 0.29) is 18.6 Å². The van der Waals surface area contributed by atoms with Crippen molar-refractivity contribution in [2.45, 2.75) is 31.7 Å². The van der Waals surface area contributed by atoms with Crippen LogP contribution in [0.25, 0.3) is 11.1 Å². The molecule has 2 unspecified atom stereocenters. The Labute approximate surface area is 162 Å². The molecular weight excluding hydrogens is 336 g/mol. The van der Waals surface area contributed by atoms with Crippen LogP contribution in [0.15, 0.2) is 54.6 Å². The second-order valence-corrected chi connectivity index (χ2v) is 7.66. The number of hydrogen-bond donors (Lipinski definition) is 1. The van der Waals surface area contributed by atoms with Crippen LogP contribution in [0.3, 0.4) is 0 Å². The van der Waals surface area contributed by atoms with Gasteiger partial charge in [0.15, 0.2) is 6.61 Å². The first-order chi connectivity index (χ1) is 13.1. The van der Waals surface area contributed by atoms with Crippen LogP contribution in [-0.2, 0) is 4.79 Å². The van der Waals surface area contributed by atoms with Crippen LogP contribution in [0.2, 0.25) is 0 Å². The molecule has 2 aromatic rings. The first-order valence-electron chi connectivity index (χ1n) is 9.84. The van der Waals surface area contributed by atoms with Gasteiger partial charge in [-0.3, -0.25) is 4.79 Å². The van der Waals surface area contributed by atoms with Crippen molar-refractivity contribution in [2.75, 3.05) is 27.2 Å². The number of nitrogens with zero attached hydrogens (tertiary/aromatic N) is 1. The fourth-order valence-corrected chi connectivity index (χ4v) is 3.86. The van der Waals surface area contributed by atoms with Gasteiger partial charge in [-0.05, 0) is 56.1 Å². The number of rotatable bonds is 7. The molecule has 4 heteroatoms. The summed E-state index contributed by atoms with van der Waals surface area (Å²) in [6.07, 6.45) is 4.70. The molecule has 1 aliphatic carbocycles. The highest BCUT2D eigenvalue weighted by Gasteiger charge is 2.26. The normalized spacial score (nSPS) is 19.7. The molecule has 144 valence electrons. The number of carbonyl (C=O) groups excluding carboxylic acids is 1. The van der Waals surface area contributed by atoms with E-state index in [9.17, 15) is 4.79 Å². The molecule has 0 heterocycles. The van der Waals surface area contributed by atoms with Crippen molar-refractivity contribution in [2.24, 2.45) is 5.92 Å². The zero-order chi connectivity index (χ0) is 19.1. The monoisotopic (exact) mass is 366 g/mol. The Morgan fingerprint density at radius 2 is 1.67 bits per heavy atom. The average molecular weight is 367 g/mol. The van der Waals surface area contributed by atoms with Crippen molar-refractivity contribution in [3.05, 3.63) is 54.6 Å². The predicted octanol–water partition coefficient (Wildman–Crippen LogP) is 3.97. The van der Waals surface area contributed by atoms with E-state index in [2.05, 4.69) is 36.4 Å². The van der Waals surface area contributed by atoms with E-state index in [0.717, 1.165) is 24.3 Å². The van der Waals surface area contributed by atoms with E-state index in [4.69, 9.17) is 4.74 Å². The van der Waals surface area contributed by atoms with Gasteiger partial charge < -0.3 is 15.0 Å². The van der Waals surface area contributed by atoms with Crippen LogP contribution in [-0.4, -0.2) is 44.1 Å². The third-order valence-corrected chi connectivity index (χ3v) is 5.19. The number of hydrogen-bond acceptors (Lipinski definition) is 3. The third-order valence-electron chi connectivity index (χ3n) is 5.19. The predicted molar refractivity (Wildman–Crippen MR) is 110 cm³/mol. The van der Waals surface area contributed by atoms with Gasteiger partial charge in [-0.15, -0.1) is 0 Å². The summed E-state index contributed by atoms with van der Waals surface area (Å²) in [5.41, 5.74) is 2.31. The van der Waals surface area contributed by atoms with Gasteiger partial charge in [0.1, 0.15) is 5.75 Å². The average Bonchev–Trinajstić information content (AvgIpc) is 2.69. The number of ether oxygens (including phenoxy) is 1. The third kappa shape index (κ3) is 5.83. The first-order valence-corrected chi connectivity index (χ1v) is 9.84. The minimum absolute atomic E-state index is 0.0298. The molecule has 0 bridgehead atoms. The molecule has 1 amide bonds. The Bertz CT molecular complexity index is 713. The van der Waals surface area contributed by atoms with Crippen LogP contribution < -0.4 is 10.1 Å². The minimum atomic E-state index is -0.0298. The summed E-state index contributed by atoms with van der Waals surface area (Å²) in [6, 6.07) is 18.4. The Balaban J connectivity index is 1.50. The van der Waals surface area contributed by atoms with Gasteiger partial charge in [0, 0.05) is 12.6 Å². The lowest BCUT2D eigenvalue weighted by Crippen LogP contribution is -2.46. The molecule has 1 saturated carbocycles. The molecule has 0 aromatic heterocycles. The second kappa shape index (κ2) is 9.56. The van der Waals surface area contributed by atoms with Gasteiger partial charge in [-0.25, -0.2) is 0 Å². The quantitative estimate of drug-likeness (QED) is 0.806.